The largest absolute Gasteiger partial charge is 0.393 e. The Labute approximate surface area is 198 Å². The van der Waals surface area contributed by atoms with Crippen LogP contribution in [0.3, 0.4) is 0 Å². The quantitative estimate of drug-likeness (QED) is 0.517. The normalized spacial score (nSPS) is 24.5. The minimum atomic E-state index is -0.173. The second-order valence-electron chi connectivity index (χ2n) is 9.97. The summed E-state index contributed by atoms with van der Waals surface area (Å²) in [6.45, 7) is 5.54. The number of rotatable bonds is 9. The summed E-state index contributed by atoms with van der Waals surface area (Å²) in [7, 11) is 2.22. The zero-order chi connectivity index (χ0) is 23.2. The highest BCUT2D eigenvalue weighted by Crippen LogP contribution is 2.29. The third-order valence-electron chi connectivity index (χ3n) is 7.17. The van der Waals surface area contributed by atoms with Gasteiger partial charge >= 0.3 is 0 Å². The SMILES string of the molecule is CCC[C@H](C)Nc1ncc(-c2ccc(C[C@@H]3CCCN3C)cn2)c(NC2CCC(O)CC2)n1. The summed E-state index contributed by atoms with van der Waals surface area (Å²) in [6, 6.07) is 5.55. The highest BCUT2D eigenvalue weighted by Gasteiger charge is 2.23. The highest BCUT2D eigenvalue weighted by atomic mass is 16.3. The van der Waals surface area contributed by atoms with Gasteiger partial charge in [0, 0.05) is 30.5 Å². The number of anilines is 2. The smallest absolute Gasteiger partial charge is 0.224 e. The Hall–Kier alpha value is -2.25. The van der Waals surface area contributed by atoms with Gasteiger partial charge in [-0.1, -0.05) is 19.4 Å². The van der Waals surface area contributed by atoms with Crippen molar-refractivity contribution in [1.82, 2.24) is 19.9 Å². The number of likely N-dealkylation sites (N-methyl/N-ethyl adjacent to an activating group) is 1. The van der Waals surface area contributed by atoms with Crippen LogP contribution < -0.4 is 10.6 Å². The Balaban J connectivity index is 1.53. The van der Waals surface area contributed by atoms with Gasteiger partial charge in [-0.25, -0.2) is 4.98 Å². The molecule has 1 aliphatic carbocycles. The molecule has 2 aromatic rings. The fraction of sp³-hybridized carbons (Fsp3) is 0.654. The Morgan fingerprint density at radius 2 is 1.94 bits per heavy atom. The molecule has 2 aliphatic rings. The number of hydrogen-bond donors (Lipinski definition) is 3. The van der Waals surface area contributed by atoms with E-state index in [1.807, 2.05) is 12.4 Å². The van der Waals surface area contributed by atoms with Gasteiger partial charge in [-0.2, -0.15) is 4.98 Å². The number of aliphatic hydroxyl groups excluding tert-OH is 1. The molecule has 1 aliphatic heterocycles. The van der Waals surface area contributed by atoms with E-state index in [0.29, 0.717) is 24.1 Å². The lowest BCUT2D eigenvalue weighted by Gasteiger charge is -2.27. The Kier molecular flexibility index (Phi) is 8.15. The Bertz CT molecular complexity index is 881. The molecular weight excluding hydrogens is 412 g/mol. The van der Waals surface area contributed by atoms with Crippen molar-refractivity contribution in [2.45, 2.75) is 95.9 Å². The maximum atomic E-state index is 9.89. The minimum absolute atomic E-state index is 0.173. The maximum Gasteiger partial charge on any atom is 0.224 e. The molecule has 0 spiro atoms. The summed E-state index contributed by atoms with van der Waals surface area (Å²) in [6.07, 6.45) is 13.1. The van der Waals surface area contributed by atoms with Crippen molar-refractivity contribution in [3.05, 3.63) is 30.1 Å². The monoisotopic (exact) mass is 452 g/mol. The van der Waals surface area contributed by atoms with E-state index in [-0.39, 0.29) is 6.10 Å². The number of nitrogens with zero attached hydrogens (tertiary/aromatic N) is 4. The molecule has 1 saturated heterocycles. The van der Waals surface area contributed by atoms with E-state index in [0.717, 1.165) is 62.0 Å². The van der Waals surface area contributed by atoms with Crippen LogP contribution in [-0.4, -0.2) is 62.8 Å². The zero-order valence-corrected chi connectivity index (χ0v) is 20.4. The van der Waals surface area contributed by atoms with E-state index < -0.39 is 0 Å². The number of aromatic nitrogens is 3. The van der Waals surface area contributed by atoms with Crippen molar-refractivity contribution < 1.29 is 5.11 Å². The molecule has 0 unspecified atom stereocenters. The summed E-state index contributed by atoms with van der Waals surface area (Å²) in [5, 5.41) is 17.0. The average Bonchev–Trinajstić information content (AvgIpc) is 3.21. The van der Waals surface area contributed by atoms with Crippen LogP contribution in [0.4, 0.5) is 11.8 Å². The van der Waals surface area contributed by atoms with Gasteiger partial charge in [-0.3, -0.25) is 4.98 Å². The molecule has 2 aromatic heterocycles. The topological polar surface area (TPSA) is 86.2 Å². The standard InChI is InChI=1S/C26H40N6O/c1-4-6-18(2)29-26-28-17-23(25(31-26)30-20-9-11-22(33)12-10-20)24-13-8-19(16-27-24)15-21-7-5-14-32(21)3/h8,13,16-18,20-22,33H,4-7,9-12,14-15H2,1-3H3,(H2,28,29,30,31)/t18-,20?,21-,22?/m0/s1. The van der Waals surface area contributed by atoms with Gasteiger partial charge < -0.3 is 20.6 Å². The maximum absolute atomic E-state index is 9.89. The first kappa shape index (κ1) is 23.9. The van der Waals surface area contributed by atoms with Crippen LogP contribution in [-0.2, 0) is 6.42 Å². The molecule has 3 N–H and O–H groups in total. The van der Waals surface area contributed by atoms with Crippen LogP contribution in [0.5, 0.6) is 0 Å². The molecule has 7 nitrogen and oxygen atoms in total. The number of aliphatic hydroxyl groups is 1. The molecule has 0 amide bonds. The molecule has 3 heterocycles. The highest BCUT2D eigenvalue weighted by molar-refractivity contribution is 5.73. The van der Waals surface area contributed by atoms with Gasteiger partial charge in [-0.05, 0) is 83.5 Å². The Morgan fingerprint density at radius 1 is 1.12 bits per heavy atom. The lowest BCUT2D eigenvalue weighted by Crippen LogP contribution is -2.29. The number of pyridine rings is 1. The van der Waals surface area contributed by atoms with Crippen molar-refractivity contribution in [2.24, 2.45) is 0 Å². The first-order valence-electron chi connectivity index (χ1n) is 12.8. The van der Waals surface area contributed by atoms with Gasteiger partial charge in [0.15, 0.2) is 0 Å². The summed E-state index contributed by atoms with van der Waals surface area (Å²) >= 11 is 0. The molecule has 180 valence electrons. The average molecular weight is 453 g/mol. The van der Waals surface area contributed by atoms with Crippen molar-refractivity contribution in [3.8, 4) is 11.3 Å². The number of hydrogen-bond acceptors (Lipinski definition) is 7. The van der Waals surface area contributed by atoms with Crippen LogP contribution in [0.1, 0.15) is 70.8 Å². The molecule has 7 heteroatoms. The van der Waals surface area contributed by atoms with Gasteiger partial charge in [0.1, 0.15) is 5.82 Å². The molecule has 2 fully saturated rings. The molecule has 33 heavy (non-hydrogen) atoms. The summed E-state index contributed by atoms with van der Waals surface area (Å²) in [4.78, 5) is 16.7. The fourth-order valence-electron chi connectivity index (χ4n) is 5.10. The first-order valence-corrected chi connectivity index (χ1v) is 12.8. The van der Waals surface area contributed by atoms with E-state index >= 15 is 0 Å². The van der Waals surface area contributed by atoms with Gasteiger partial charge in [-0.15, -0.1) is 0 Å². The van der Waals surface area contributed by atoms with E-state index in [4.69, 9.17) is 9.97 Å². The third kappa shape index (κ3) is 6.42. The van der Waals surface area contributed by atoms with Crippen LogP contribution in [0.2, 0.25) is 0 Å². The summed E-state index contributed by atoms with van der Waals surface area (Å²) in [5.41, 5.74) is 3.10. The van der Waals surface area contributed by atoms with Crippen molar-refractivity contribution in [3.63, 3.8) is 0 Å². The van der Waals surface area contributed by atoms with Crippen molar-refractivity contribution in [2.75, 3.05) is 24.2 Å². The molecule has 2 atom stereocenters. The van der Waals surface area contributed by atoms with Crippen molar-refractivity contribution in [1.29, 1.82) is 0 Å². The molecule has 0 bridgehead atoms. The molecule has 0 aromatic carbocycles. The minimum Gasteiger partial charge on any atom is -0.393 e. The lowest BCUT2D eigenvalue weighted by atomic mass is 9.93. The third-order valence-corrected chi connectivity index (χ3v) is 7.17. The summed E-state index contributed by atoms with van der Waals surface area (Å²) < 4.78 is 0. The van der Waals surface area contributed by atoms with Gasteiger partial charge in [0.05, 0.1) is 17.4 Å². The number of likely N-dealkylation sites (tertiary alicyclic amines) is 1. The van der Waals surface area contributed by atoms with Crippen molar-refractivity contribution >= 4 is 11.8 Å². The fourth-order valence-corrected chi connectivity index (χ4v) is 5.10. The van der Waals surface area contributed by atoms with Crippen LogP contribution in [0.25, 0.3) is 11.3 Å². The summed E-state index contributed by atoms with van der Waals surface area (Å²) in [5.74, 6) is 1.48. The van der Waals surface area contributed by atoms with E-state index in [9.17, 15) is 5.11 Å². The van der Waals surface area contributed by atoms with E-state index in [1.165, 1.54) is 24.9 Å². The van der Waals surface area contributed by atoms with E-state index in [2.05, 4.69) is 53.5 Å². The predicted octanol–water partition coefficient (Wildman–Crippen LogP) is 4.49. The zero-order valence-electron chi connectivity index (χ0n) is 20.4. The molecular formula is C26H40N6O. The second-order valence-corrected chi connectivity index (χ2v) is 9.97. The predicted molar refractivity (Wildman–Crippen MR) is 134 cm³/mol. The van der Waals surface area contributed by atoms with Gasteiger partial charge in [0.25, 0.3) is 0 Å². The van der Waals surface area contributed by atoms with Crippen LogP contribution in [0, 0.1) is 0 Å². The van der Waals surface area contributed by atoms with E-state index in [1.54, 1.807) is 0 Å². The van der Waals surface area contributed by atoms with Gasteiger partial charge in [0.2, 0.25) is 5.95 Å². The Morgan fingerprint density at radius 3 is 2.61 bits per heavy atom. The number of nitrogens with one attached hydrogen (secondary N) is 2. The molecule has 0 radical (unpaired) electrons. The molecule has 1 saturated carbocycles. The first-order chi connectivity index (χ1) is 16.0. The second kappa shape index (κ2) is 11.3. The lowest BCUT2D eigenvalue weighted by molar-refractivity contribution is 0.126. The van der Waals surface area contributed by atoms with Crippen LogP contribution in [0.15, 0.2) is 24.5 Å². The van der Waals surface area contributed by atoms with Crippen LogP contribution >= 0.6 is 0 Å². The molecule has 4 rings (SSSR count).